The van der Waals surface area contributed by atoms with Gasteiger partial charge in [-0.2, -0.15) is 0 Å². The molecule has 1 fully saturated rings. The molecule has 2 aliphatic rings. The molecular weight excluding hydrogens is 230 g/mol. The third kappa shape index (κ3) is 2.08. The monoisotopic (exact) mass is 247 g/mol. The lowest BCUT2D eigenvalue weighted by molar-refractivity contribution is -0.128. The third-order valence-corrected chi connectivity index (χ3v) is 3.69. The van der Waals surface area contributed by atoms with Crippen molar-refractivity contribution in [1.29, 1.82) is 0 Å². The van der Waals surface area contributed by atoms with Crippen LogP contribution in [-0.2, 0) is 11.2 Å². The third-order valence-electron chi connectivity index (χ3n) is 3.69. The zero-order chi connectivity index (χ0) is 12.5. The maximum Gasteiger partial charge on any atom is 0.223 e. The Morgan fingerprint density at radius 3 is 2.89 bits per heavy atom. The predicted octanol–water partition coefficient (Wildman–Crippen LogP) is 0.831. The number of carbonyl (C=O) groups is 1. The van der Waals surface area contributed by atoms with Crippen LogP contribution < -0.4 is 4.74 Å². The van der Waals surface area contributed by atoms with Gasteiger partial charge in [0.05, 0.1) is 6.54 Å². The number of benzene rings is 1. The minimum Gasteiger partial charge on any atom is -0.488 e. The number of aliphatic hydroxyl groups is 1. The number of nitrogens with zero attached hydrogens (tertiary/aromatic N) is 1. The molecule has 1 N–H and O–H groups in total. The van der Waals surface area contributed by atoms with Gasteiger partial charge >= 0.3 is 0 Å². The van der Waals surface area contributed by atoms with E-state index in [0.717, 1.165) is 12.2 Å². The first-order valence-corrected chi connectivity index (χ1v) is 6.39. The van der Waals surface area contributed by atoms with Crippen LogP contribution >= 0.6 is 0 Å². The van der Waals surface area contributed by atoms with Gasteiger partial charge in [-0.3, -0.25) is 4.79 Å². The van der Waals surface area contributed by atoms with Crippen LogP contribution in [0.25, 0.3) is 0 Å². The fourth-order valence-corrected chi connectivity index (χ4v) is 2.75. The van der Waals surface area contributed by atoms with Gasteiger partial charge in [0.15, 0.2) is 0 Å². The van der Waals surface area contributed by atoms with Crippen LogP contribution in [0.4, 0.5) is 0 Å². The number of rotatable bonds is 3. The van der Waals surface area contributed by atoms with Gasteiger partial charge in [0, 0.05) is 31.9 Å². The summed E-state index contributed by atoms with van der Waals surface area (Å²) in [6.07, 6.45) is 1.39. The van der Waals surface area contributed by atoms with Gasteiger partial charge in [0.2, 0.25) is 5.91 Å². The van der Waals surface area contributed by atoms with Gasteiger partial charge in [-0.05, 0) is 11.6 Å². The molecule has 0 aliphatic carbocycles. The van der Waals surface area contributed by atoms with E-state index in [1.165, 1.54) is 5.56 Å². The summed E-state index contributed by atoms with van der Waals surface area (Å²) >= 11 is 0. The van der Waals surface area contributed by atoms with E-state index in [1.54, 1.807) is 0 Å². The number of fused-ring (bicyclic) bond motifs is 1. The molecule has 0 saturated carbocycles. The molecule has 96 valence electrons. The summed E-state index contributed by atoms with van der Waals surface area (Å²) in [5.74, 6) is 1.17. The molecule has 0 radical (unpaired) electrons. The largest absolute Gasteiger partial charge is 0.488 e. The van der Waals surface area contributed by atoms with E-state index in [4.69, 9.17) is 9.84 Å². The van der Waals surface area contributed by atoms with Gasteiger partial charge < -0.3 is 14.7 Å². The maximum absolute atomic E-state index is 11.8. The van der Waals surface area contributed by atoms with E-state index < -0.39 is 0 Å². The Morgan fingerprint density at radius 2 is 2.17 bits per heavy atom. The molecule has 4 nitrogen and oxygen atoms in total. The highest BCUT2D eigenvalue weighted by molar-refractivity contribution is 5.78. The van der Waals surface area contributed by atoms with Crippen LogP contribution in [0.1, 0.15) is 12.0 Å². The zero-order valence-corrected chi connectivity index (χ0v) is 10.2. The smallest absolute Gasteiger partial charge is 0.223 e. The van der Waals surface area contributed by atoms with Crippen molar-refractivity contribution >= 4 is 5.91 Å². The van der Waals surface area contributed by atoms with E-state index in [2.05, 4.69) is 6.07 Å². The minimum atomic E-state index is 0.0591. The predicted molar refractivity (Wildman–Crippen MR) is 66.3 cm³/mol. The Bertz CT molecular complexity index is 435. The molecule has 1 aromatic carbocycles. The molecular formula is C14H17NO3. The Hall–Kier alpha value is -1.55. The molecule has 2 heterocycles. The summed E-state index contributed by atoms with van der Waals surface area (Å²) in [5.41, 5.74) is 1.22. The summed E-state index contributed by atoms with van der Waals surface area (Å²) in [6.45, 7) is 1.38. The molecule has 4 heteroatoms. The summed E-state index contributed by atoms with van der Waals surface area (Å²) < 4.78 is 5.83. The fourth-order valence-electron chi connectivity index (χ4n) is 2.75. The first-order chi connectivity index (χ1) is 8.76. The van der Waals surface area contributed by atoms with Crippen molar-refractivity contribution in [2.45, 2.75) is 18.9 Å². The highest BCUT2D eigenvalue weighted by atomic mass is 16.5. The lowest BCUT2D eigenvalue weighted by atomic mass is 10.1. The molecule has 1 aromatic rings. The zero-order valence-electron chi connectivity index (χ0n) is 10.2. The average Bonchev–Trinajstić information content (AvgIpc) is 2.93. The van der Waals surface area contributed by atoms with Crippen LogP contribution in [-0.4, -0.2) is 41.7 Å². The lowest BCUT2D eigenvalue weighted by Crippen LogP contribution is -2.36. The van der Waals surface area contributed by atoms with Gasteiger partial charge in [-0.1, -0.05) is 18.2 Å². The lowest BCUT2D eigenvalue weighted by Gasteiger charge is -2.20. The van der Waals surface area contributed by atoms with Crippen LogP contribution in [0.15, 0.2) is 24.3 Å². The molecule has 2 aliphatic heterocycles. The molecule has 3 rings (SSSR count). The van der Waals surface area contributed by atoms with Gasteiger partial charge in [-0.15, -0.1) is 0 Å². The molecule has 2 atom stereocenters. The van der Waals surface area contributed by atoms with Crippen molar-refractivity contribution in [2.24, 2.45) is 5.92 Å². The summed E-state index contributed by atoms with van der Waals surface area (Å²) in [7, 11) is 0. The summed E-state index contributed by atoms with van der Waals surface area (Å²) in [5, 5.41) is 9.09. The maximum atomic E-state index is 11.8. The number of hydrogen-bond acceptors (Lipinski definition) is 3. The van der Waals surface area contributed by atoms with E-state index in [0.29, 0.717) is 19.5 Å². The number of hydrogen-bond donors (Lipinski definition) is 1. The summed E-state index contributed by atoms with van der Waals surface area (Å²) in [6, 6.07) is 8.01. The molecule has 18 heavy (non-hydrogen) atoms. The minimum absolute atomic E-state index is 0.0591. The number of para-hydroxylation sites is 1. The molecule has 2 unspecified atom stereocenters. The van der Waals surface area contributed by atoms with Gasteiger partial charge in [0.25, 0.3) is 0 Å². The Labute approximate surface area is 106 Å². The second kappa shape index (κ2) is 4.61. The van der Waals surface area contributed by atoms with Crippen LogP contribution in [0, 0.1) is 5.92 Å². The normalized spacial score (nSPS) is 26.3. The van der Waals surface area contributed by atoms with Crippen molar-refractivity contribution in [3.63, 3.8) is 0 Å². The topological polar surface area (TPSA) is 49.8 Å². The Morgan fingerprint density at radius 1 is 1.33 bits per heavy atom. The van der Waals surface area contributed by atoms with Crippen molar-refractivity contribution in [1.82, 2.24) is 4.90 Å². The van der Waals surface area contributed by atoms with E-state index in [-0.39, 0.29) is 24.5 Å². The Kier molecular flexibility index (Phi) is 2.96. The van der Waals surface area contributed by atoms with E-state index in [1.807, 2.05) is 23.1 Å². The quantitative estimate of drug-likeness (QED) is 0.860. The number of likely N-dealkylation sites (tertiary alicyclic amines) is 1. The van der Waals surface area contributed by atoms with Crippen molar-refractivity contribution in [3.8, 4) is 5.75 Å². The highest BCUT2D eigenvalue weighted by Gasteiger charge is 2.33. The second-order valence-electron chi connectivity index (χ2n) is 5.10. The molecule has 1 amide bonds. The first-order valence-electron chi connectivity index (χ1n) is 6.39. The number of carbonyl (C=O) groups excluding carboxylic acids is 1. The van der Waals surface area contributed by atoms with Gasteiger partial charge in [0.1, 0.15) is 11.9 Å². The second-order valence-corrected chi connectivity index (χ2v) is 5.10. The van der Waals surface area contributed by atoms with E-state index in [9.17, 15) is 4.79 Å². The van der Waals surface area contributed by atoms with Gasteiger partial charge in [-0.25, -0.2) is 0 Å². The Balaban J connectivity index is 1.61. The number of amides is 1. The average molecular weight is 247 g/mol. The molecule has 0 bridgehead atoms. The molecule has 0 spiro atoms. The van der Waals surface area contributed by atoms with Crippen LogP contribution in [0.2, 0.25) is 0 Å². The fraction of sp³-hybridized carbons (Fsp3) is 0.500. The number of aliphatic hydroxyl groups excluding tert-OH is 1. The SMILES string of the molecule is O=C1CC(CO)CN1CC1Cc2ccccc2O1. The molecule has 0 aromatic heterocycles. The summed E-state index contributed by atoms with van der Waals surface area (Å²) in [4.78, 5) is 13.6. The molecule has 1 saturated heterocycles. The van der Waals surface area contributed by atoms with Crippen LogP contribution in [0.3, 0.4) is 0 Å². The highest BCUT2D eigenvalue weighted by Crippen LogP contribution is 2.29. The van der Waals surface area contributed by atoms with Crippen molar-refractivity contribution < 1.29 is 14.6 Å². The van der Waals surface area contributed by atoms with Crippen molar-refractivity contribution in [2.75, 3.05) is 19.7 Å². The number of ether oxygens (including phenoxy) is 1. The standard InChI is InChI=1S/C14H17NO3/c16-9-10-5-14(17)15(7-10)8-12-6-11-3-1-2-4-13(11)18-12/h1-4,10,12,16H,5-9H2. The van der Waals surface area contributed by atoms with Crippen molar-refractivity contribution in [3.05, 3.63) is 29.8 Å². The first kappa shape index (κ1) is 11.5. The van der Waals surface area contributed by atoms with Crippen LogP contribution in [0.5, 0.6) is 5.75 Å². The van der Waals surface area contributed by atoms with E-state index >= 15 is 0 Å².